The predicted molar refractivity (Wildman–Crippen MR) is 96.1 cm³/mol. The Morgan fingerprint density at radius 1 is 1.04 bits per heavy atom. The summed E-state index contributed by atoms with van der Waals surface area (Å²) in [5.41, 5.74) is 7.05. The van der Waals surface area contributed by atoms with Gasteiger partial charge in [-0.25, -0.2) is 0 Å². The first-order valence-electron chi connectivity index (χ1n) is 8.29. The number of hydrogen-bond acceptors (Lipinski definition) is 2. The summed E-state index contributed by atoms with van der Waals surface area (Å²) in [6.45, 7) is 5.96. The third-order valence-corrected chi connectivity index (χ3v) is 4.51. The molecule has 1 amide bonds. The van der Waals surface area contributed by atoms with Gasteiger partial charge in [0.05, 0.1) is 0 Å². The van der Waals surface area contributed by atoms with Gasteiger partial charge in [0.1, 0.15) is 6.04 Å². The summed E-state index contributed by atoms with van der Waals surface area (Å²) in [6.07, 6.45) is 3.56. The predicted octanol–water partition coefficient (Wildman–Crippen LogP) is 4.23. The molecule has 2 aromatic carbocycles. The van der Waals surface area contributed by atoms with Crippen LogP contribution in [0.15, 0.2) is 36.4 Å². The van der Waals surface area contributed by atoms with Crippen molar-refractivity contribution in [3.8, 4) is 0 Å². The van der Waals surface area contributed by atoms with Crippen LogP contribution in [-0.4, -0.2) is 11.9 Å². The number of amides is 1. The Kier molecular flexibility index (Phi) is 4.37. The molecule has 3 rings (SSSR count). The standard InChI is InChI=1S/C20H24N2O/c1-13-7-10-19(14(2)11-13)22-20(23)15(3)21-18-9-8-16-5-4-6-17(16)12-18/h7-12,15,21H,4-6H2,1-3H3,(H,22,23)/t15-/m0/s1. The highest BCUT2D eigenvalue weighted by atomic mass is 16.2. The van der Waals surface area contributed by atoms with Crippen LogP contribution in [0.1, 0.15) is 35.6 Å². The SMILES string of the molecule is Cc1ccc(NC(=O)[C@H](C)Nc2ccc3c(c2)CCC3)c(C)c1. The van der Waals surface area contributed by atoms with E-state index < -0.39 is 0 Å². The molecule has 3 nitrogen and oxygen atoms in total. The molecule has 0 spiro atoms. The van der Waals surface area contributed by atoms with Crippen LogP contribution < -0.4 is 10.6 Å². The third kappa shape index (κ3) is 3.55. The van der Waals surface area contributed by atoms with Gasteiger partial charge in [0.2, 0.25) is 5.91 Å². The summed E-state index contributed by atoms with van der Waals surface area (Å²) in [4.78, 5) is 12.4. The molecule has 1 aliphatic carbocycles. The van der Waals surface area contributed by atoms with Crippen molar-refractivity contribution in [2.75, 3.05) is 10.6 Å². The van der Waals surface area contributed by atoms with Crippen molar-refractivity contribution in [2.24, 2.45) is 0 Å². The first-order chi connectivity index (χ1) is 11.0. The van der Waals surface area contributed by atoms with Gasteiger partial charge in [-0.15, -0.1) is 0 Å². The Morgan fingerprint density at radius 3 is 2.61 bits per heavy atom. The van der Waals surface area contributed by atoms with E-state index in [1.54, 1.807) is 0 Å². The fourth-order valence-electron chi connectivity index (χ4n) is 3.17. The Hall–Kier alpha value is -2.29. The first-order valence-corrected chi connectivity index (χ1v) is 8.29. The lowest BCUT2D eigenvalue weighted by atomic mass is 10.1. The van der Waals surface area contributed by atoms with Crippen molar-refractivity contribution in [3.05, 3.63) is 58.7 Å². The lowest BCUT2D eigenvalue weighted by Crippen LogP contribution is -2.32. The Balaban J connectivity index is 1.65. The zero-order valence-corrected chi connectivity index (χ0v) is 14.1. The van der Waals surface area contributed by atoms with Gasteiger partial charge in [-0.3, -0.25) is 4.79 Å². The summed E-state index contributed by atoms with van der Waals surface area (Å²) in [5.74, 6) is -0.0162. The number of rotatable bonds is 4. The fraction of sp³-hybridized carbons (Fsp3) is 0.350. The highest BCUT2D eigenvalue weighted by Crippen LogP contribution is 2.25. The summed E-state index contributed by atoms with van der Waals surface area (Å²) in [6, 6.07) is 12.2. The Morgan fingerprint density at radius 2 is 1.83 bits per heavy atom. The minimum Gasteiger partial charge on any atom is -0.374 e. The molecule has 0 bridgehead atoms. The van der Waals surface area contributed by atoms with Crippen LogP contribution in [0.25, 0.3) is 0 Å². The Labute approximate surface area is 138 Å². The van der Waals surface area contributed by atoms with Crippen molar-refractivity contribution < 1.29 is 4.79 Å². The van der Waals surface area contributed by atoms with E-state index in [0.29, 0.717) is 0 Å². The topological polar surface area (TPSA) is 41.1 Å². The molecule has 3 heteroatoms. The molecular formula is C20H24N2O. The van der Waals surface area contributed by atoms with Crippen LogP contribution in [0.5, 0.6) is 0 Å². The van der Waals surface area contributed by atoms with Crippen LogP contribution in [0, 0.1) is 13.8 Å². The van der Waals surface area contributed by atoms with Gasteiger partial charge >= 0.3 is 0 Å². The Bertz CT molecular complexity index is 736. The molecule has 1 atom stereocenters. The summed E-state index contributed by atoms with van der Waals surface area (Å²) >= 11 is 0. The summed E-state index contributed by atoms with van der Waals surface area (Å²) in [5, 5.41) is 6.32. The highest BCUT2D eigenvalue weighted by molar-refractivity contribution is 5.96. The zero-order valence-electron chi connectivity index (χ0n) is 14.1. The monoisotopic (exact) mass is 308 g/mol. The largest absolute Gasteiger partial charge is 0.374 e. The molecule has 0 aliphatic heterocycles. The normalized spacial score (nSPS) is 14.2. The number of benzene rings is 2. The van der Waals surface area contributed by atoms with Crippen molar-refractivity contribution in [1.82, 2.24) is 0 Å². The number of aryl methyl sites for hydroxylation is 4. The molecular weight excluding hydrogens is 284 g/mol. The molecule has 120 valence electrons. The maximum absolute atomic E-state index is 12.4. The minimum absolute atomic E-state index is 0.0162. The van der Waals surface area contributed by atoms with Crippen molar-refractivity contribution >= 4 is 17.3 Å². The van der Waals surface area contributed by atoms with Gasteiger partial charge in [0.25, 0.3) is 0 Å². The zero-order chi connectivity index (χ0) is 16.4. The third-order valence-electron chi connectivity index (χ3n) is 4.51. The van der Waals surface area contributed by atoms with E-state index in [2.05, 4.69) is 41.8 Å². The molecule has 23 heavy (non-hydrogen) atoms. The highest BCUT2D eigenvalue weighted by Gasteiger charge is 2.16. The van der Waals surface area contributed by atoms with Crippen molar-refractivity contribution in [1.29, 1.82) is 0 Å². The number of anilines is 2. The molecule has 2 aromatic rings. The van der Waals surface area contributed by atoms with E-state index in [9.17, 15) is 4.79 Å². The molecule has 0 unspecified atom stereocenters. The van der Waals surface area contributed by atoms with Gasteiger partial charge in [0.15, 0.2) is 0 Å². The second-order valence-corrected chi connectivity index (χ2v) is 6.51. The number of fused-ring (bicyclic) bond motifs is 1. The number of nitrogens with one attached hydrogen (secondary N) is 2. The average Bonchev–Trinajstić information content (AvgIpc) is 2.97. The van der Waals surface area contributed by atoms with Gasteiger partial charge < -0.3 is 10.6 Å². The molecule has 0 saturated heterocycles. The van der Waals surface area contributed by atoms with Crippen LogP contribution >= 0.6 is 0 Å². The maximum Gasteiger partial charge on any atom is 0.246 e. The summed E-state index contributed by atoms with van der Waals surface area (Å²) in [7, 11) is 0. The molecule has 0 fully saturated rings. The van der Waals surface area contributed by atoms with Crippen LogP contribution in [0.4, 0.5) is 11.4 Å². The van der Waals surface area contributed by atoms with E-state index in [-0.39, 0.29) is 11.9 Å². The maximum atomic E-state index is 12.4. The van der Waals surface area contributed by atoms with Crippen LogP contribution in [0.2, 0.25) is 0 Å². The van der Waals surface area contributed by atoms with Gasteiger partial charge in [-0.05, 0) is 74.9 Å². The van der Waals surface area contributed by atoms with Gasteiger partial charge in [-0.2, -0.15) is 0 Å². The molecule has 0 heterocycles. The van der Waals surface area contributed by atoms with Gasteiger partial charge in [0, 0.05) is 11.4 Å². The molecule has 0 aromatic heterocycles. The van der Waals surface area contributed by atoms with E-state index in [1.807, 2.05) is 26.0 Å². The second kappa shape index (κ2) is 6.45. The first kappa shape index (κ1) is 15.6. The fourth-order valence-corrected chi connectivity index (χ4v) is 3.17. The quantitative estimate of drug-likeness (QED) is 0.887. The van der Waals surface area contributed by atoms with E-state index in [4.69, 9.17) is 0 Å². The van der Waals surface area contributed by atoms with E-state index in [0.717, 1.165) is 23.4 Å². The summed E-state index contributed by atoms with van der Waals surface area (Å²) < 4.78 is 0. The molecule has 2 N–H and O–H groups in total. The minimum atomic E-state index is -0.282. The molecule has 0 radical (unpaired) electrons. The van der Waals surface area contributed by atoms with E-state index in [1.165, 1.54) is 29.5 Å². The lowest BCUT2D eigenvalue weighted by Gasteiger charge is -2.17. The smallest absolute Gasteiger partial charge is 0.246 e. The van der Waals surface area contributed by atoms with Crippen LogP contribution in [0.3, 0.4) is 0 Å². The molecule has 0 saturated carbocycles. The second-order valence-electron chi connectivity index (χ2n) is 6.51. The number of carbonyl (C=O) groups is 1. The average molecular weight is 308 g/mol. The van der Waals surface area contributed by atoms with Crippen molar-refractivity contribution in [3.63, 3.8) is 0 Å². The van der Waals surface area contributed by atoms with Crippen LogP contribution in [-0.2, 0) is 17.6 Å². The van der Waals surface area contributed by atoms with Gasteiger partial charge in [-0.1, -0.05) is 23.8 Å². The number of hydrogen-bond donors (Lipinski definition) is 2. The number of carbonyl (C=O) groups excluding carboxylic acids is 1. The van der Waals surface area contributed by atoms with Crippen molar-refractivity contribution in [2.45, 2.75) is 46.1 Å². The lowest BCUT2D eigenvalue weighted by molar-refractivity contribution is -0.116. The van der Waals surface area contributed by atoms with E-state index >= 15 is 0 Å². The molecule has 1 aliphatic rings.